The lowest BCUT2D eigenvalue weighted by Gasteiger charge is -2.17. The third kappa shape index (κ3) is 4.33. The van der Waals surface area contributed by atoms with Crippen molar-refractivity contribution in [1.82, 2.24) is 0 Å². The zero-order valence-corrected chi connectivity index (χ0v) is 12.7. The third-order valence-electron chi connectivity index (χ3n) is 2.09. The summed E-state index contributed by atoms with van der Waals surface area (Å²) < 4.78 is 41.6. The van der Waals surface area contributed by atoms with Crippen molar-refractivity contribution < 1.29 is 13.3 Å². The van der Waals surface area contributed by atoms with Crippen LogP contribution in [0.25, 0.3) is 0 Å². The van der Waals surface area contributed by atoms with Gasteiger partial charge in [0.15, 0.2) is 0 Å². The van der Waals surface area contributed by atoms with Gasteiger partial charge in [-0.25, -0.2) is 8.78 Å². The molecule has 0 aliphatic heterocycles. The Morgan fingerprint density at radius 2 is 1.94 bits per heavy atom. The van der Waals surface area contributed by atoms with Gasteiger partial charge in [-0.15, -0.1) is 0 Å². The number of halogens is 3. The molecule has 0 heterocycles. The highest BCUT2D eigenvalue weighted by Gasteiger charge is 2.25. The lowest BCUT2D eigenvalue weighted by molar-refractivity contribution is 0.561. The Hall–Kier alpha value is -0.460. The average molecular weight is 338 g/mol. The maximum absolute atomic E-state index is 13.4. The molecule has 0 aliphatic carbocycles. The first-order valence-corrected chi connectivity index (χ1v) is 7.19. The van der Waals surface area contributed by atoms with Crippen molar-refractivity contribution in [2.75, 3.05) is 0 Å². The first-order valence-electron chi connectivity index (χ1n) is 5.30. The fourth-order valence-electron chi connectivity index (χ4n) is 1.08. The fourth-order valence-corrected chi connectivity index (χ4v) is 2.00. The molecule has 0 unspecified atom stereocenters. The summed E-state index contributed by atoms with van der Waals surface area (Å²) in [7, 11) is 0. The number of benzene rings is 1. The van der Waals surface area contributed by atoms with Crippen LogP contribution >= 0.6 is 15.9 Å². The molecule has 0 amide bonds. The van der Waals surface area contributed by atoms with Crippen LogP contribution in [-0.2, 0) is 17.8 Å². The van der Waals surface area contributed by atoms with E-state index in [1.54, 1.807) is 20.8 Å². The Morgan fingerprint density at radius 3 is 2.50 bits per heavy atom. The molecule has 0 fully saturated rings. The summed E-state index contributed by atoms with van der Waals surface area (Å²) in [6, 6.07) is 2.17. The molecule has 0 radical (unpaired) electrons. The van der Waals surface area contributed by atoms with Gasteiger partial charge in [-0.3, -0.25) is 0 Å². The summed E-state index contributed by atoms with van der Waals surface area (Å²) in [5, 5.41) is 0. The smallest absolute Gasteiger partial charge is 0.144 e. The summed E-state index contributed by atoms with van der Waals surface area (Å²) in [6.45, 7) is 5.40. The van der Waals surface area contributed by atoms with Crippen molar-refractivity contribution in [2.45, 2.75) is 31.9 Å². The Morgan fingerprint density at radius 1 is 1.33 bits per heavy atom. The lowest BCUT2D eigenvalue weighted by Crippen LogP contribution is -2.25. The highest BCUT2D eigenvalue weighted by molar-refractivity contribution is 9.10. The highest BCUT2D eigenvalue weighted by atomic mass is 79.9. The van der Waals surface area contributed by atoms with Crippen molar-refractivity contribution in [3.05, 3.63) is 33.8 Å². The van der Waals surface area contributed by atoms with E-state index in [-0.39, 0.29) is 10.9 Å². The van der Waals surface area contributed by atoms with Crippen molar-refractivity contribution >= 4 is 33.5 Å². The van der Waals surface area contributed by atoms with Crippen molar-refractivity contribution in [3.8, 4) is 0 Å². The number of hydrogen-bond donors (Lipinski definition) is 0. The highest BCUT2D eigenvalue weighted by Crippen LogP contribution is 2.20. The van der Waals surface area contributed by atoms with Crippen LogP contribution in [-0.4, -0.2) is 15.5 Å². The van der Waals surface area contributed by atoms with E-state index in [1.165, 1.54) is 12.3 Å². The molecule has 0 N–H and O–H groups in total. The molecule has 0 aliphatic rings. The molecule has 2 nitrogen and oxygen atoms in total. The summed E-state index contributed by atoms with van der Waals surface area (Å²) >= 11 is 1.62. The Bertz CT molecular complexity index is 460. The molecular formula is C12H14BrF2NOS. The van der Waals surface area contributed by atoms with Crippen molar-refractivity contribution in [1.29, 1.82) is 0 Å². The van der Waals surface area contributed by atoms with E-state index < -0.39 is 27.7 Å². The van der Waals surface area contributed by atoms with Gasteiger partial charge in [0, 0.05) is 12.5 Å². The molecule has 18 heavy (non-hydrogen) atoms. The topological polar surface area (TPSA) is 35.4 Å². The molecule has 0 saturated heterocycles. The molecule has 0 saturated carbocycles. The first-order chi connectivity index (χ1) is 8.21. The second-order valence-electron chi connectivity index (χ2n) is 4.71. The summed E-state index contributed by atoms with van der Waals surface area (Å²) in [5.41, 5.74) is 0.304. The van der Waals surface area contributed by atoms with E-state index in [9.17, 15) is 13.3 Å². The van der Waals surface area contributed by atoms with Gasteiger partial charge in [0.05, 0.1) is 10.7 Å². The van der Waals surface area contributed by atoms with Gasteiger partial charge in [-0.05, 0) is 48.3 Å². The van der Waals surface area contributed by atoms with Crippen molar-refractivity contribution in [2.24, 2.45) is 4.40 Å². The van der Waals surface area contributed by atoms with Crippen LogP contribution in [0.1, 0.15) is 26.3 Å². The van der Waals surface area contributed by atoms with E-state index in [0.29, 0.717) is 5.56 Å². The molecule has 1 aromatic carbocycles. The molecule has 6 heteroatoms. The number of nitrogens with zero attached hydrogens (tertiary/aromatic N) is 1. The first kappa shape index (κ1) is 15.6. The molecule has 1 rings (SSSR count). The lowest BCUT2D eigenvalue weighted by atomic mass is 10.1. The third-order valence-corrected chi connectivity index (χ3v) is 4.09. The normalized spacial score (nSPS) is 14.2. The second-order valence-corrected chi connectivity index (χ2v) is 7.50. The molecule has 0 spiro atoms. The van der Waals surface area contributed by atoms with E-state index >= 15 is 0 Å². The van der Waals surface area contributed by atoms with Gasteiger partial charge in [0.25, 0.3) is 0 Å². The zero-order valence-electron chi connectivity index (χ0n) is 10.3. The minimum absolute atomic E-state index is 0.173. The van der Waals surface area contributed by atoms with Crippen LogP contribution in [0.5, 0.6) is 0 Å². The predicted octanol–water partition coefficient (Wildman–Crippen LogP) is 3.80. The summed E-state index contributed by atoms with van der Waals surface area (Å²) in [6.07, 6.45) is 1.57. The standard InChI is InChI=1S/C12H14BrF2NOS/c1-12(2,3)18(17)16-5-4-8-6-9(13)11(15)7-10(8)14/h5-7H,4H2,1-3H3/b16-5+/t18-/m1/s1. The maximum atomic E-state index is 13.4. The Balaban J connectivity index is 2.75. The van der Waals surface area contributed by atoms with Gasteiger partial charge in [0.2, 0.25) is 0 Å². The average Bonchev–Trinajstić information content (AvgIpc) is 2.23. The molecule has 1 aromatic rings. The molecule has 0 aromatic heterocycles. The van der Waals surface area contributed by atoms with Gasteiger partial charge in [-0.1, -0.05) is 4.40 Å². The Kier molecular flexibility index (Phi) is 5.31. The van der Waals surface area contributed by atoms with Gasteiger partial charge in [0.1, 0.15) is 27.7 Å². The van der Waals surface area contributed by atoms with Crippen molar-refractivity contribution in [3.63, 3.8) is 0 Å². The maximum Gasteiger partial charge on any atom is 0.144 e. The van der Waals surface area contributed by atoms with E-state index in [1.807, 2.05) is 0 Å². The largest absolute Gasteiger partial charge is 0.591 e. The van der Waals surface area contributed by atoms with Crippen LogP contribution in [0.3, 0.4) is 0 Å². The minimum Gasteiger partial charge on any atom is -0.591 e. The fraction of sp³-hybridized carbons (Fsp3) is 0.417. The quantitative estimate of drug-likeness (QED) is 0.469. The Labute approximate surface area is 117 Å². The SMILES string of the molecule is CC(C)(C)[S@@+]([O-])/N=C/Cc1cc(Br)c(F)cc1F. The van der Waals surface area contributed by atoms with Crippen LogP contribution in [0.15, 0.2) is 21.0 Å². The molecule has 100 valence electrons. The van der Waals surface area contributed by atoms with Gasteiger partial charge >= 0.3 is 0 Å². The summed E-state index contributed by atoms with van der Waals surface area (Å²) in [4.78, 5) is 0. The second kappa shape index (κ2) is 6.12. The van der Waals surface area contributed by atoms with E-state index in [2.05, 4.69) is 20.3 Å². The molecule has 1 atom stereocenters. The zero-order chi connectivity index (χ0) is 13.9. The van der Waals surface area contributed by atoms with Gasteiger partial charge < -0.3 is 4.55 Å². The van der Waals surface area contributed by atoms with E-state index in [4.69, 9.17) is 0 Å². The minimum atomic E-state index is -1.37. The number of rotatable bonds is 3. The monoisotopic (exact) mass is 337 g/mol. The van der Waals surface area contributed by atoms with Crippen LogP contribution in [0.2, 0.25) is 0 Å². The molecule has 0 bridgehead atoms. The van der Waals surface area contributed by atoms with E-state index in [0.717, 1.165) is 6.07 Å². The summed E-state index contributed by atoms with van der Waals surface area (Å²) in [5.74, 6) is -1.28. The van der Waals surface area contributed by atoms with Crippen LogP contribution < -0.4 is 0 Å². The van der Waals surface area contributed by atoms with Gasteiger partial charge in [-0.2, -0.15) is 0 Å². The number of hydrogen-bond acceptors (Lipinski definition) is 2. The molecular weight excluding hydrogens is 324 g/mol. The predicted molar refractivity (Wildman–Crippen MR) is 74.1 cm³/mol. The van der Waals surface area contributed by atoms with Crippen LogP contribution in [0, 0.1) is 11.6 Å². The van der Waals surface area contributed by atoms with Crippen LogP contribution in [0.4, 0.5) is 8.78 Å².